The van der Waals surface area contributed by atoms with Gasteiger partial charge in [-0.15, -0.1) is 0 Å². The summed E-state index contributed by atoms with van der Waals surface area (Å²) in [5, 5.41) is 21.9. The second-order valence-corrected chi connectivity index (χ2v) is 6.08. The standard InChI is InChI=1S/C19H20N6O/c1-25-17-11-14(8-7-13(17)12-21-25)22-19-23-16-6-3-2-5-15(16)18(24-19)20-9-4-10-26/h2-3,5-8,11-12,26H,4,9-10H2,1H3,(H2,20,22,23,24). The first kappa shape index (κ1) is 16.3. The Bertz CT molecular complexity index is 1060. The van der Waals surface area contributed by atoms with Crippen molar-refractivity contribution in [2.75, 3.05) is 23.8 Å². The average molecular weight is 348 g/mol. The van der Waals surface area contributed by atoms with Crippen molar-refractivity contribution in [3.63, 3.8) is 0 Å². The summed E-state index contributed by atoms with van der Waals surface area (Å²) in [7, 11) is 1.92. The molecule has 26 heavy (non-hydrogen) atoms. The lowest BCUT2D eigenvalue weighted by molar-refractivity contribution is 0.292. The van der Waals surface area contributed by atoms with E-state index in [2.05, 4.69) is 25.7 Å². The van der Waals surface area contributed by atoms with Gasteiger partial charge in [-0.05, 0) is 36.8 Å². The number of para-hydroxylation sites is 1. The molecule has 0 aliphatic carbocycles. The molecule has 0 amide bonds. The lowest BCUT2D eigenvalue weighted by atomic mass is 10.2. The van der Waals surface area contributed by atoms with E-state index in [1.54, 1.807) is 0 Å². The van der Waals surface area contributed by atoms with Crippen LogP contribution in [0, 0.1) is 0 Å². The first-order chi connectivity index (χ1) is 12.7. The maximum atomic E-state index is 9.01. The lowest BCUT2D eigenvalue weighted by Gasteiger charge is -2.12. The van der Waals surface area contributed by atoms with Gasteiger partial charge in [0, 0.05) is 36.7 Å². The van der Waals surface area contributed by atoms with Gasteiger partial charge in [0.2, 0.25) is 5.95 Å². The summed E-state index contributed by atoms with van der Waals surface area (Å²) in [4.78, 5) is 9.24. The molecule has 2 aromatic carbocycles. The summed E-state index contributed by atoms with van der Waals surface area (Å²) in [5.41, 5.74) is 2.80. The van der Waals surface area contributed by atoms with E-state index < -0.39 is 0 Å². The summed E-state index contributed by atoms with van der Waals surface area (Å²) >= 11 is 0. The van der Waals surface area contributed by atoms with Crippen molar-refractivity contribution in [3.05, 3.63) is 48.7 Å². The van der Waals surface area contributed by atoms with Crippen LogP contribution >= 0.6 is 0 Å². The number of anilines is 3. The number of aryl methyl sites for hydroxylation is 1. The summed E-state index contributed by atoms with van der Waals surface area (Å²) in [6.07, 6.45) is 2.51. The Hall–Kier alpha value is -3.19. The minimum atomic E-state index is 0.145. The molecule has 132 valence electrons. The Morgan fingerprint density at radius 2 is 2.00 bits per heavy atom. The number of fused-ring (bicyclic) bond motifs is 2. The van der Waals surface area contributed by atoms with Gasteiger partial charge in [-0.3, -0.25) is 4.68 Å². The zero-order chi connectivity index (χ0) is 17.9. The normalized spacial score (nSPS) is 11.2. The van der Waals surface area contributed by atoms with Gasteiger partial charge in [-0.25, -0.2) is 4.98 Å². The Morgan fingerprint density at radius 1 is 1.12 bits per heavy atom. The van der Waals surface area contributed by atoms with Gasteiger partial charge in [0.25, 0.3) is 0 Å². The monoisotopic (exact) mass is 348 g/mol. The largest absolute Gasteiger partial charge is 0.396 e. The highest BCUT2D eigenvalue weighted by Gasteiger charge is 2.08. The van der Waals surface area contributed by atoms with Gasteiger partial charge in [0.05, 0.1) is 17.2 Å². The number of hydrogen-bond acceptors (Lipinski definition) is 6. The van der Waals surface area contributed by atoms with E-state index in [4.69, 9.17) is 5.11 Å². The fraction of sp³-hybridized carbons (Fsp3) is 0.211. The highest BCUT2D eigenvalue weighted by atomic mass is 16.3. The van der Waals surface area contributed by atoms with Crippen LogP contribution in [0.15, 0.2) is 48.7 Å². The van der Waals surface area contributed by atoms with Crippen LogP contribution < -0.4 is 10.6 Å². The van der Waals surface area contributed by atoms with Gasteiger partial charge in [0.1, 0.15) is 5.82 Å². The summed E-state index contributed by atoms with van der Waals surface area (Å²) in [5.74, 6) is 1.28. The van der Waals surface area contributed by atoms with Gasteiger partial charge < -0.3 is 15.7 Å². The molecule has 3 N–H and O–H groups in total. The summed E-state index contributed by atoms with van der Waals surface area (Å²) < 4.78 is 1.84. The number of aromatic nitrogens is 4. The van der Waals surface area contributed by atoms with Crippen molar-refractivity contribution in [1.29, 1.82) is 0 Å². The van der Waals surface area contributed by atoms with E-state index in [9.17, 15) is 0 Å². The van der Waals surface area contributed by atoms with Gasteiger partial charge in [0.15, 0.2) is 0 Å². The zero-order valence-corrected chi connectivity index (χ0v) is 14.5. The minimum Gasteiger partial charge on any atom is -0.396 e. The van der Waals surface area contributed by atoms with Crippen LogP contribution in [0.3, 0.4) is 0 Å². The molecular weight excluding hydrogens is 328 g/mol. The lowest BCUT2D eigenvalue weighted by Crippen LogP contribution is -2.08. The van der Waals surface area contributed by atoms with E-state index >= 15 is 0 Å². The van der Waals surface area contributed by atoms with Crippen molar-refractivity contribution < 1.29 is 5.11 Å². The van der Waals surface area contributed by atoms with Crippen LogP contribution in [0.2, 0.25) is 0 Å². The van der Waals surface area contributed by atoms with E-state index in [1.807, 2.05) is 60.4 Å². The summed E-state index contributed by atoms with van der Waals surface area (Å²) in [6, 6.07) is 13.9. The zero-order valence-electron chi connectivity index (χ0n) is 14.5. The highest BCUT2D eigenvalue weighted by Crippen LogP contribution is 2.25. The molecular formula is C19H20N6O. The predicted molar refractivity (Wildman–Crippen MR) is 104 cm³/mol. The first-order valence-electron chi connectivity index (χ1n) is 8.55. The van der Waals surface area contributed by atoms with Crippen molar-refractivity contribution in [1.82, 2.24) is 19.7 Å². The first-order valence-corrected chi connectivity index (χ1v) is 8.55. The highest BCUT2D eigenvalue weighted by molar-refractivity contribution is 5.90. The number of aliphatic hydroxyl groups excluding tert-OH is 1. The quantitative estimate of drug-likeness (QED) is 0.464. The van der Waals surface area contributed by atoms with E-state index in [0.29, 0.717) is 18.9 Å². The average Bonchev–Trinajstić information content (AvgIpc) is 3.02. The molecule has 0 radical (unpaired) electrons. The molecule has 0 aliphatic heterocycles. The molecule has 4 aromatic rings. The molecule has 0 bridgehead atoms. The maximum Gasteiger partial charge on any atom is 0.229 e. The summed E-state index contributed by atoms with van der Waals surface area (Å²) in [6.45, 7) is 0.795. The molecule has 0 unspecified atom stereocenters. The molecule has 0 saturated carbocycles. The third-order valence-corrected chi connectivity index (χ3v) is 4.24. The minimum absolute atomic E-state index is 0.145. The second kappa shape index (κ2) is 6.97. The maximum absolute atomic E-state index is 9.01. The fourth-order valence-electron chi connectivity index (χ4n) is 2.90. The molecule has 7 nitrogen and oxygen atoms in total. The number of nitrogens with one attached hydrogen (secondary N) is 2. The van der Waals surface area contributed by atoms with Crippen LogP contribution in [-0.2, 0) is 7.05 Å². The fourth-order valence-corrected chi connectivity index (χ4v) is 2.90. The molecule has 7 heteroatoms. The van der Waals surface area contributed by atoms with Gasteiger partial charge in [-0.1, -0.05) is 12.1 Å². The molecule has 2 heterocycles. The van der Waals surface area contributed by atoms with E-state index in [-0.39, 0.29) is 6.61 Å². The SMILES string of the molecule is Cn1ncc2ccc(Nc3nc(NCCCO)c4ccccc4n3)cc21. The Morgan fingerprint density at radius 3 is 2.88 bits per heavy atom. The van der Waals surface area contributed by atoms with Crippen LogP contribution in [-0.4, -0.2) is 38.0 Å². The van der Waals surface area contributed by atoms with Crippen LogP contribution in [0.5, 0.6) is 0 Å². The van der Waals surface area contributed by atoms with Gasteiger partial charge >= 0.3 is 0 Å². The topological polar surface area (TPSA) is 87.9 Å². The van der Waals surface area contributed by atoms with Crippen molar-refractivity contribution in [3.8, 4) is 0 Å². The second-order valence-electron chi connectivity index (χ2n) is 6.08. The third-order valence-electron chi connectivity index (χ3n) is 4.24. The number of nitrogens with zero attached hydrogens (tertiary/aromatic N) is 4. The molecule has 0 fully saturated rings. The Kier molecular flexibility index (Phi) is 4.37. The number of rotatable bonds is 6. The van der Waals surface area contributed by atoms with Crippen LogP contribution in [0.4, 0.5) is 17.5 Å². The van der Waals surface area contributed by atoms with Crippen molar-refractivity contribution in [2.45, 2.75) is 6.42 Å². The van der Waals surface area contributed by atoms with Crippen LogP contribution in [0.1, 0.15) is 6.42 Å². The number of benzene rings is 2. The van der Waals surface area contributed by atoms with E-state index in [1.165, 1.54) is 0 Å². The third kappa shape index (κ3) is 3.16. The van der Waals surface area contributed by atoms with Gasteiger partial charge in [-0.2, -0.15) is 10.1 Å². The smallest absolute Gasteiger partial charge is 0.229 e. The molecule has 4 rings (SSSR count). The number of aliphatic hydroxyl groups is 1. The van der Waals surface area contributed by atoms with Crippen LogP contribution in [0.25, 0.3) is 21.8 Å². The Balaban J connectivity index is 1.69. The molecule has 0 atom stereocenters. The Labute approximate surface area is 150 Å². The number of hydrogen-bond donors (Lipinski definition) is 3. The van der Waals surface area contributed by atoms with Crippen molar-refractivity contribution in [2.24, 2.45) is 7.05 Å². The molecule has 2 aromatic heterocycles. The predicted octanol–water partition coefficient (Wildman–Crippen LogP) is 3.05. The van der Waals surface area contributed by atoms with E-state index in [0.717, 1.165) is 33.3 Å². The molecule has 0 spiro atoms. The molecule has 0 saturated heterocycles. The molecule has 0 aliphatic rings. The van der Waals surface area contributed by atoms with Crippen molar-refractivity contribution >= 4 is 39.3 Å².